The van der Waals surface area contributed by atoms with E-state index in [4.69, 9.17) is 14.2 Å². The first-order valence-electron chi connectivity index (χ1n) is 19.8. The second-order valence-corrected chi connectivity index (χ2v) is 14.2. The molecular formula is C41H75NO6. The number of carbonyl (C=O) groups excluding carboxylic acids is 3. The van der Waals surface area contributed by atoms with Gasteiger partial charge in [0.2, 0.25) is 0 Å². The summed E-state index contributed by atoms with van der Waals surface area (Å²) in [6, 6.07) is 0. The Balaban J connectivity index is 4.07. The Morgan fingerprint density at radius 2 is 0.896 bits per heavy atom. The molecule has 7 nitrogen and oxygen atoms in total. The van der Waals surface area contributed by atoms with E-state index < -0.39 is 11.7 Å². The molecule has 0 aromatic rings. The van der Waals surface area contributed by atoms with Crippen LogP contribution in [0.3, 0.4) is 0 Å². The van der Waals surface area contributed by atoms with Gasteiger partial charge in [-0.15, -0.1) is 0 Å². The van der Waals surface area contributed by atoms with Gasteiger partial charge in [-0.2, -0.15) is 0 Å². The number of unbranched alkanes of at least 4 members (excludes halogenated alkanes) is 18. The summed E-state index contributed by atoms with van der Waals surface area (Å²) >= 11 is 0. The largest absolute Gasteiger partial charge is 0.464 e. The highest BCUT2D eigenvalue weighted by molar-refractivity contribution is 5.70. The van der Waals surface area contributed by atoms with E-state index in [1.165, 1.54) is 94.8 Å². The van der Waals surface area contributed by atoms with E-state index in [2.05, 4.69) is 38.2 Å². The van der Waals surface area contributed by atoms with E-state index in [0.717, 1.165) is 51.4 Å². The monoisotopic (exact) mass is 678 g/mol. The lowest BCUT2D eigenvalue weighted by atomic mass is 10.1. The van der Waals surface area contributed by atoms with Gasteiger partial charge in [-0.3, -0.25) is 9.59 Å². The first-order valence-corrected chi connectivity index (χ1v) is 19.8. The number of rotatable bonds is 32. The molecule has 0 aliphatic carbocycles. The van der Waals surface area contributed by atoms with Crippen molar-refractivity contribution < 1.29 is 28.6 Å². The van der Waals surface area contributed by atoms with Gasteiger partial charge in [-0.05, 0) is 65.7 Å². The van der Waals surface area contributed by atoms with Crippen molar-refractivity contribution in [2.75, 3.05) is 26.3 Å². The molecule has 0 atom stereocenters. The molecule has 0 aliphatic rings. The number of allylic oxidation sites excluding steroid dienone is 4. The van der Waals surface area contributed by atoms with Crippen LogP contribution in [0.1, 0.15) is 189 Å². The molecule has 0 aromatic heterocycles. The minimum atomic E-state index is -0.654. The molecular weight excluding hydrogens is 602 g/mol. The Bertz CT molecular complexity index is 831. The topological polar surface area (TPSA) is 82.1 Å². The van der Waals surface area contributed by atoms with Crippen LogP contribution < -0.4 is 0 Å². The predicted molar refractivity (Wildman–Crippen MR) is 200 cm³/mol. The Kier molecular flexibility index (Phi) is 31.6. The summed E-state index contributed by atoms with van der Waals surface area (Å²) in [5.41, 5.74) is -0.654. The molecule has 0 heterocycles. The minimum Gasteiger partial charge on any atom is -0.464 e. The molecule has 0 aliphatic heterocycles. The summed E-state index contributed by atoms with van der Waals surface area (Å²) < 4.78 is 16.3. The molecule has 0 saturated heterocycles. The van der Waals surface area contributed by atoms with Crippen molar-refractivity contribution in [2.24, 2.45) is 0 Å². The summed E-state index contributed by atoms with van der Waals surface area (Å²) in [5, 5.41) is 0. The lowest BCUT2D eigenvalue weighted by Gasteiger charge is -2.27. The fourth-order valence-electron chi connectivity index (χ4n) is 5.32. The van der Waals surface area contributed by atoms with E-state index >= 15 is 0 Å². The highest BCUT2D eigenvalue weighted by Crippen LogP contribution is 2.13. The fraction of sp³-hybridized carbons (Fsp3) is 0.829. The van der Waals surface area contributed by atoms with Crippen LogP contribution in [-0.4, -0.2) is 54.8 Å². The fourth-order valence-corrected chi connectivity index (χ4v) is 5.32. The van der Waals surface area contributed by atoms with Gasteiger partial charge in [0.15, 0.2) is 0 Å². The molecule has 0 N–H and O–H groups in total. The average molecular weight is 678 g/mol. The highest BCUT2D eigenvalue weighted by atomic mass is 16.6. The van der Waals surface area contributed by atoms with Gasteiger partial charge in [-0.1, -0.05) is 134 Å². The zero-order chi connectivity index (χ0) is 35.6. The molecule has 0 radical (unpaired) electrons. The highest BCUT2D eigenvalue weighted by Gasteiger charge is 2.22. The number of amides is 1. The Morgan fingerprint density at radius 1 is 0.521 bits per heavy atom. The van der Waals surface area contributed by atoms with Crippen molar-refractivity contribution in [1.82, 2.24) is 4.90 Å². The molecule has 0 saturated carbocycles. The normalized spacial score (nSPS) is 11.8. The van der Waals surface area contributed by atoms with Crippen molar-refractivity contribution >= 4 is 18.0 Å². The zero-order valence-electron chi connectivity index (χ0n) is 32.0. The second-order valence-electron chi connectivity index (χ2n) is 14.2. The van der Waals surface area contributed by atoms with Crippen molar-refractivity contribution in [2.45, 2.75) is 194 Å². The van der Waals surface area contributed by atoms with Crippen molar-refractivity contribution in [3.05, 3.63) is 24.3 Å². The summed E-state index contributed by atoms with van der Waals surface area (Å²) in [6.45, 7) is 10.5. The van der Waals surface area contributed by atoms with Gasteiger partial charge in [0.05, 0.1) is 13.1 Å². The van der Waals surface area contributed by atoms with Gasteiger partial charge < -0.3 is 19.1 Å². The molecule has 0 fully saturated rings. The Morgan fingerprint density at radius 3 is 1.33 bits per heavy atom. The Labute approximate surface area is 296 Å². The maximum absolute atomic E-state index is 12.7. The SMILES string of the molecule is CCCCC/C=C\C/C=C\CCCCCCCC(=O)OCCN(CCOC(=O)CCCCCCCCCCCCC)C(=O)OC(C)(C)C. The molecule has 0 unspecified atom stereocenters. The zero-order valence-corrected chi connectivity index (χ0v) is 32.0. The second kappa shape index (κ2) is 33.2. The van der Waals surface area contributed by atoms with E-state index in [0.29, 0.717) is 12.8 Å². The molecule has 48 heavy (non-hydrogen) atoms. The van der Waals surface area contributed by atoms with E-state index in [1.54, 1.807) is 0 Å². The Hall–Kier alpha value is -2.31. The molecule has 0 aromatic carbocycles. The van der Waals surface area contributed by atoms with Crippen LogP contribution >= 0.6 is 0 Å². The quantitative estimate of drug-likeness (QED) is 0.0305. The maximum Gasteiger partial charge on any atom is 0.410 e. The number of ether oxygens (including phenoxy) is 3. The van der Waals surface area contributed by atoms with Gasteiger partial charge >= 0.3 is 18.0 Å². The first-order chi connectivity index (χ1) is 23.2. The summed E-state index contributed by atoms with van der Waals surface area (Å²) in [6.07, 6.45) is 35.4. The van der Waals surface area contributed by atoms with Gasteiger partial charge in [0.25, 0.3) is 0 Å². The van der Waals surface area contributed by atoms with Crippen molar-refractivity contribution in [3.63, 3.8) is 0 Å². The third-order valence-electron chi connectivity index (χ3n) is 8.22. The third-order valence-corrected chi connectivity index (χ3v) is 8.22. The van der Waals surface area contributed by atoms with Crippen LogP contribution in [-0.2, 0) is 23.8 Å². The summed E-state index contributed by atoms with van der Waals surface area (Å²) in [5.74, 6) is -0.484. The number of hydrogen-bond acceptors (Lipinski definition) is 6. The number of carbonyl (C=O) groups is 3. The molecule has 1 amide bonds. The number of esters is 2. The minimum absolute atomic E-state index is 0.0883. The predicted octanol–water partition coefficient (Wildman–Crippen LogP) is 11.8. The average Bonchev–Trinajstić information content (AvgIpc) is 3.03. The molecule has 280 valence electrons. The van der Waals surface area contributed by atoms with E-state index in [9.17, 15) is 14.4 Å². The van der Waals surface area contributed by atoms with Gasteiger partial charge in [0.1, 0.15) is 18.8 Å². The van der Waals surface area contributed by atoms with Crippen LogP contribution in [0.2, 0.25) is 0 Å². The van der Waals surface area contributed by atoms with Crippen LogP contribution in [0.5, 0.6) is 0 Å². The van der Waals surface area contributed by atoms with E-state index in [-0.39, 0.29) is 38.2 Å². The van der Waals surface area contributed by atoms with Crippen molar-refractivity contribution in [1.29, 1.82) is 0 Å². The summed E-state index contributed by atoms with van der Waals surface area (Å²) in [4.78, 5) is 38.7. The van der Waals surface area contributed by atoms with Gasteiger partial charge in [-0.25, -0.2) is 4.79 Å². The number of hydrogen-bond donors (Lipinski definition) is 0. The van der Waals surface area contributed by atoms with Crippen LogP contribution in [0, 0.1) is 0 Å². The molecule has 0 spiro atoms. The van der Waals surface area contributed by atoms with Crippen LogP contribution in [0.4, 0.5) is 4.79 Å². The van der Waals surface area contributed by atoms with Gasteiger partial charge in [0, 0.05) is 12.8 Å². The van der Waals surface area contributed by atoms with Crippen molar-refractivity contribution in [3.8, 4) is 0 Å². The summed E-state index contributed by atoms with van der Waals surface area (Å²) in [7, 11) is 0. The maximum atomic E-state index is 12.7. The van der Waals surface area contributed by atoms with Crippen LogP contribution in [0.25, 0.3) is 0 Å². The number of nitrogens with zero attached hydrogens (tertiary/aromatic N) is 1. The lowest BCUT2D eigenvalue weighted by Crippen LogP contribution is -2.41. The lowest BCUT2D eigenvalue weighted by molar-refractivity contribution is -0.144. The molecule has 0 bridgehead atoms. The van der Waals surface area contributed by atoms with E-state index in [1.807, 2.05) is 20.8 Å². The molecule has 7 heteroatoms. The smallest absolute Gasteiger partial charge is 0.410 e. The van der Waals surface area contributed by atoms with Crippen LogP contribution in [0.15, 0.2) is 24.3 Å². The third kappa shape index (κ3) is 33.6. The standard InChI is InChI=1S/C41H75NO6/c1-6-8-10-12-14-16-18-19-20-21-23-25-27-29-31-33-39(44)47-37-35-42(40(45)48-41(3,4)5)34-36-46-38(43)32-30-28-26-24-22-17-15-13-11-9-7-2/h14,16,19-20H,6-13,15,17-18,21-37H2,1-5H3/b16-14-,20-19-. The first kappa shape index (κ1) is 45.7. The molecule has 0 rings (SSSR count).